The third kappa shape index (κ3) is 1.60. The lowest BCUT2D eigenvalue weighted by Gasteiger charge is -2.48. The summed E-state index contributed by atoms with van der Waals surface area (Å²) in [6, 6.07) is 8.55. The van der Waals surface area contributed by atoms with Gasteiger partial charge in [0.15, 0.2) is 0 Å². The number of benzene rings is 1. The molecule has 1 saturated heterocycles. The van der Waals surface area contributed by atoms with E-state index >= 15 is 0 Å². The molecule has 4 rings (SSSR count). The van der Waals surface area contributed by atoms with Gasteiger partial charge in [-0.3, -0.25) is 4.90 Å². The maximum atomic E-state index is 9.92. The summed E-state index contributed by atoms with van der Waals surface area (Å²) in [5.41, 5.74) is 2.27. The van der Waals surface area contributed by atoms with Crippen LogP contribution in [0.1, 0.15) is 37.1 Å². The van der Waals surface area contributed by atoms with Crippen molar-refractivity contribution in [2.24, 2.45) is 5.41 Å². The fourth-order valence-electron chi connectivity index (χ4n) is 4.13. The minimum absolute atomic E-state index is 0.0820. The molecule has 106 valence electrons. The van der Waals surface area contributed by atoms with Gasteiger partial charge in [0.05, 0.1) is 12.6 Å². The molecular formula is C17H21NO2. The van der Waals surface area contributed by atoms with Gasteiger partial charge < -0.3 is 9.52 Å². The maximum Gasteiger partial charge on any atom is 0.134 e. The molecule has 0 bridgehead atoms. The first kappa shape index (κ1) is 12.4. The van der Waals surface area contributed by atoms with Gasteiger partial charge in [0.2, 0.25) is 0 Å². The topological polar surface area (TPSA) is 36.6 Å². The van der Waals surface area contributed by atoms with Crippen molar-refractivity contribution in [1.82, 2.24) is 4.90 Å². The van der Waals surface area contributed by atoms with Crippen LogP contribution in [0.3, 0.4) is 0 Å². The van der Waals surface area contributed by atoms with Crippen molar-refractivity contribution < 1.29 is 9.52 Å². The molecule has 3 heteroatoms. The van der Waals surface area contributed by atoms with Crippen molar-refractivity contribution >= 4 is 11.0 Å². The van der Waals surface area contributed by atoms with Gasteiger partial charge in [0.25, 0.3) is 0 Å². The van der Waals surface area contributed by atoms with Crippen molar-refractivity contribution in [1.29, 1.82) is 0 Å². The molecule has 1 unspecified atom stereocenters. The lowest BCUT2D eigenvalue weighted by Crippen LogP contribution is -2.49. The Morgan fingerprint density at radius 2 is 2.20 bits per heavy atom. The van der Waals surface area contributed by atoms with E-state index in [0.29, 0.717) is 0 Å². The van der Waals surface area contributed by atoms with Crippen molar-refractivity contribution in [3.05, 3.63) is 35.6 Å². The van der Waals surface area contributed by atoms with Crippen molar-refractivity contribution in [3.63, 3.8) is 0 Å². The van der Waals surface area contributed by atoms with Crippen molar-refractivity contribution in [3.8, 4) is 0 Å². The molecule has 0 amide bonds. The molecular weight excluding hydrogens is 250 g/mol. The Morgan fingerprint density at radius 3 is 3.05 bits per heavy atom. The highest BCUT2D eigenvalue weighted by Crippen LogP contribution is 2.50. The second kappa shape index (κ2) is 4.34. The quantitative estimate of drug-likeness (QED) is 0.865. The fourth-order valence-corrected chi connectivity index (χ4v) is 4.13. The first-order valence-corrected chi connectivity index (χ1v) is 7.58. The lowest BCUT2D eigenvalue weighted by molar-refractivity contribution is -0.0309. The Hall–Kier alpha value is -1.32. The van der Waals surface area contributed by atoms with Crippen LogP contribution in [0.5, 0.6) is 0 Å². The molecule has 1 aromatic carbocycles. The number of hydrogen-bond donors (Lipinski definition) is 1. The molecule has 0 spiro atoms. The molecule has 2 aliphatic heterocycles. The number of fused-ring (bicyclic) bond motifs is 5. The molecule has 2 aromatic rings. The molecule has 0 aliphatic carbocycles. The second-order valence-corrected chi connectivity index (χ2v) is 6.55. The van der Waals surface area contributed by atoms with E-state index in [0.717, 1.165) is 37.3 Å². The number of para-hydroxylation sites is 1. The van der Waals surface area contributed by atoms with E-state index in [1.807, 2.05) is 6.07 Å². The molecule has 0 radical (unpaired) electrons. The largest absolute Gasteiger partial charge is 0.459 e. The Balaban J connectivity index is 1.91. The van der Waals surface area contributed by atoms with Crippen molar-refractivity contribution in [2.45, 2.75) is 32.2 Å². The van der Waals surface area contributed by atoms with Gasteiger partial charge >= 0.3 is 0 Å². The van der Waals surface area contributed by atoms with Crippen LogP contribution < -0.4 is 0 Å². The third-order valence-corrected chi connectivity index (χ3v) is 5.21. The monoisotopic (exact) mass is 271 g/mol. The Bertz CT molecular complexity index is 647. The van der Waals surface area contributed by atoms with Gasteiger partial charge in [-0.25, -0.2) is 0 Å². The smallest absolute Gasteiger partial charge is 0.134 e. The van der Waals surface area contributed by atoms with Gasteiger partial charge in [0, 0.05) is 22.9 Å². The molecule has 3 nitrogen and oxygen atoms in total. The fraction of sp³-hybridized carbons (Fsp3) is 0.529. The van der Waals surface area contributed by atoms with Gasteiger partial charge in [-0.05, 0) is 31.9 Å². The van der Waals surface area contributed by atoms with Gasteiger partial charge in [-0.1, -0.05) is 25.1 Å². The lowest BCUT2D eigenvalue weighted by atomic mass is 9.72. The van der Waals surface area contributed by atoms with E-state index in [4.69, 9.17) is 4.42 Å². The molecule has 0 saturated carbocycles. The zero-order valence-corrected chi connectivity index (χ0v) is 11.9. The maximum absolute atomic E-state index is 9.92. The summed E-state index contributed by atoms with van der Waals surface area (Å²) in [5.74, 6) is 1.11. The molecule has 1 N–H and O–H groups in total. The van der Waals surface area contributed by atoms with Crippen LogP contribution in [0.4, 0.5) is 0 Å². The molecule has 20 heavy (non-hydrogen) atoms. The molecule has 2 aliphatic rings. The average Bonchev–Trinajstić information content (AvgIpc) is 2.85. The van der Waals surface area contributed by atoms with Crippen LogP contribution in [0.15, 0.2) is 28.7 Å². The number of hydrogen-bond acceptors (Lipinski definition) is 3. The van der Waals surface area contributed by atoms with E-state index in [9.17, 15) is 5.11 Å². The van der Waals surface area contributed by atoms with E-state index in [2.05, 4.69) is 30.0 Å². The minimum Gasteiger partial charge on any atom is -0.459 e. The van der Waals surface area contributed by atoms with Crippen LogP contribution in [0.25, 0.3) is 11.0 Å². The summed E-state index contributed by atoms with van der Waals surface area (Å²) in [7, 11) is 0. The average molecular weight is 271 g/mol. The van der Waals surface area contributed by atoms with Gasteiger partial charge in [0.1, 0.15) is 11.3 Å². The number of rotatable bonds is 1. The standard InChI is InChI=1S/C17H21NO2/c1-17(11-19)8-4-9-18-10-7-13-12-5-2-3-6-14(12)20-15(13)16(17)18/h2-3,5-6,16,19H,4,7-11H2,1H3/t16-,17?/m1/s1. The number of piperidine rings is 1. The highest BCUT2D eigenvalue weighted by molar-refractivity contribution is 5.82. The van der Waals surface area contributed by atoms with E-state index in [1.165, 1.54) is 17.4 Å². The van der Waals surface area contributed by atoms with Gasteiger partial charge in [-0.15, -0.1) is 0 Å². The number of furan rings is 1. The predicted octanol–water partition coefficient (Wildman–Crippen LogP) is 3.12. The van der Waals surface area contributed by atoms with Crippen LogP contribution >= 0.6 is 0 Å². The summed E-state index contributed by atoms with van der Waals surface area (Å²) in [5, 5.41) is 11.2. The zero-order valence-electron chi connectivity index (χ0n) is 11.9. The van der Waals surface area contributed by atoms with Crippen LogP contribution in [0.2, 0.25) is 0 Å². The number of aliphatic hydroxyl groups excluding tert-OH is 1. The van der Waals surface area contributed by atoms with Crippen LogP contribution in [0, 0.1) is 5.41 Å². The summed E-state index contributed by atoms with van der Waals surface area (Å²) in [6.45, 7) is 4.63. The highest BCUT2D eigenvalue weighted by Gasteiger charge is 2.46. The van der Waals surface area contributed by atoms with Crippen molar-refractivity contribution in [2.75, 3.05) is 19.7 Å². The normalized spacial score (nSPS) is 30.2. The first-order chi connectivity index (χ1) is 9.73. The van der Waals surface area contributed by atoms with Crippen LogP contribution in [-0.2, 0) is 6.42 Å². The Labute approximate surface area is 119 Å². The van der Waals surface area contributed by atoms with E-state index < -0.39 is 0 Å². The molecule has 1 aromatic heterocycles. The summed E-state index contributed by atoms with van der Waals surface area (Å²) < 4.78 is 6.20. The van der Waals surface area contributed by atoms with Gasteiger partial charge in [-0.2, -0.15) is 0 Å². The van der Waals surface area contributed by atoms with Crippen LogP contribution in [-0.4, -0.2) is 29.7 Å². The summed E-state index contributed by atoms with van der Waals surface area (Å²) in [6.07, 6.45) is 3.30. The number of nitrogens with zero attached hydrogens (tertiary/aromatic N) is 1. The molecule has 2 atom stereocenters. The molecule has 1 fully saturated rings. The first-order valence-electron chi connectivity index (χ1n) is 7.58. The summed E-state index contributed by atoms with van der Waals surface area (Å²) in [4.78, 5) is 2.50. The zero-order chi connectivity index (χ0) is 13.7. The predicted molar refractivity (Wildman–Crippen MR) is 78.7 cm³/mol. The highest BCUT2D eigenvalue weighted by atomic mass is 16.3. The van der Waals surface area contributed by atoms with E-state index in [1.54, 1.807) is 0 Å². The second-order valence-electron chi connectivity index (χ2n) is 6.55. The SMILES string of the molecule is CC1(CO)CCCN2CCc3c(oc4ccccc34)[C@@H]21. The Kier molecular flexibility index (Phi) is 2.69. The number of aliphatic hydroxyl groups is 1. The minimum atomic E-state index is -0.0820. The molecule has 3 heterocycles. The third-order valence-electron chi connectivity index (χ3n) is 5.21. The van der Waals surface area contributed by atoms with E-state index in [-0.39, 0.29) is 18.1 Å². The Morgan fingerprint density at radius 1 is 1.35 bits per heavy atom. The summed E-state index contributed by atoms with van der Waals surface area (Å²) >= 11 is 0.